The number of nitrogens with zero attached hydrogens (tertiary/aromatic N) is 1. The van der Waals surface area contributed by atoms with Crippen molar-refractivity contribution in [1.82, 2.24) is 4.90 Å². The highest BCUT2D eigenvalue weighted by atomic mass is 16.6. The second kappa shape index (κ2) is 6.79. The molecule has 2 fully saturated rings. The van der Waals surface area contributed by atoms with Crippen LogP contribution in [-0.4, -0.2) is 24.1 Å². The number of carbonyl (C=O) groups is 1. The average molecular weight is 285 g/mol. The molecule has 1 heterocycles. The van der Waals surface area contributed by atoms with E-state index in [1.54, 1.807) is 0 Å². The molecule has 1 amide bonds. The first-order valence-corrected chi connectivity index (χ1v) is 7.95. The molecule has 1 saturated carbocycles. The minimum atomic E-state index is -0.177. The summed E-state index contributed by atoms with van der Waals surface area (Å²) < 4.78 is 5.38. The Morgan fingerprint density at radius 3 is 2.29 bits per heavy atom. The summed E-state index contributed by atoms with van der Waals surface area (Å²) in [6, 6.07) is 9.83. The summed E-state index contributed by atoms with van der Waals surface area (Å²) in [6.07, 6.45) is 9.40. The Labute approximate surface area is 126 Å². The van der Waals surface area contributed by atoms with Crippen molar-refractivity contribution in [2.75, 3.05) is 13.1 Å². The largest absolute Gasteiger partial charge is 0.445 e. The second-order valence-electron chi connectivity index (χ2n) is 6.09. The maximum absolute atomic E-state index is 12.0. The standard InChI is InChI=1S/C18H23NO2/c20-18(21-14-17-4-2-1-3-5-17)19-12-10-16(11-13-19)9-8-15-6-7-15/h1-5,8-9,15-16H,6-7,10-14H2/b9-8+. The molecule has 21 heavy (non-hydrogen) atoms. The van der Waals surface area contributed by atoms with Crippen LogP contribution in [0.5, 0.6) is 0 Å². The van der Waals surface area contributed by atoms with Crippen molar-refractivity contribution < 1.29 is 9.53 Å². The topological polar surface area (TPSA) is 29.5 Å². The lowest BCUT2D eigenvalue weighted by Crippen LogP contribution is -2.38. The van der Waals surface area contributed by atoms with Crippen LogP contribution in [0.4, 0.5) is 4.79 Å². The summed E-state index contributed by atoms with van der Waals surface area (Å²) in [6.45, 7) is 1.99. The number of ether oxygens (including phenoxy) is 1. The van der Waals surface area contributed by atoms with Gasteiger partial charge in [0.25, 0.3) is 0 Å². The van der Waals surface area contributed by atoms with Gasteiger partial charge in [0.1, 0.15) is 6.61 Å². The van der Waals surface area contributed by atoms with Crippen molar-refractivity contribution in [3.05, 3.63) is 48.0 Å². The fourth-order valence-electron chi connectivity index (χ4n) is 2.69. The number of piperidine rings is 1. The Balaban J connectivity index is 1.40. The maximum Gasteiger partial charge on any atom is 0.410 e. The van der Waals surface area contributed by atoms with Gasteiger partial charge in [0.2, 0.25) is 0 Å². The smallest absolute Gasteiger partial charge is 0.410 e. The number of likely N-dealkylation sites (tertiary alicyclic amines) is 1. The van der Waals surface area contributed by atoms with Gasteiger partial charge in [0.15, 0.2) is 0 Å². The van der Waals surface area contributed by atoms with Crippen LogP contribution in [0.15, 0.2) is 42.5 Å². The number of benzene rings is 1. The highest BCUT2D eigenvalue weighted by Gasteiger charge is 2.23. The van der Waals surface area contributed by atoms with E-state index in [0.29, 0.717) is 12.5 Å². The Bertz CT molecular complexity index is 485. The number of hydrogen-bond acceptors (Lipinski definition) is 2. The van der Waals surface area contributed by atoms with E-state index in [1.165, 1.54) is 12.8 Å². The van der Waals surface area contributed by atoms with Crippen LogP contribution >= 0.6 is 0 Å². The molecular weight excluding hydrogens is 262 g/mol. The second-order valence-corrected chi connectivity index (χ2v) is 6.09. The number of allylic oxidation sites excluding steroid dienone is 2. The van der Waals surface area contributed by atoms with Gasteiger partial charge in [-0.2, -0.15) is 0 Å². The van der Waals surface area contributed by atoms with Crippen LogP contribution in [0.2, 0.25) is 0 Å². The van der Waals surface area contributed by atoms with Crippen LogP contribution in [0, 0.1) is 11.8 Å². The molecule has 112 valence electrons. The molecule has 3 rings (SSSR count). The number of hydrogen-bond donors (Lipinski definition) is 0. The van der Waals surface area contributed by atoms with Crippen molar-refractivity contribution in [1.29, 1.82) is 0 Å². The van der Waals surface area contributed by atoms with Crippen LogP contribution < -0.4 is 0 Å². The first kappa shape index (κ1) is 14.2. The summed E-state index contributed by atoms with van der Waals surface area (Å²) in [5, 5.41) is 0. The van der Waals surface area contributed by atoms with Gasteiger partial charge in [0.05, 0.1) is 0 Å². The fraction of sp³-hybridized carbons (Fsp3) is 0.500. The molecule has 0 N–H and O–H groups in total. The van der Waals surface area contributed by atoms with Gasteiger partial charge in [-0.15, -0.1) is 0 Å². The normalized spacial score (nSPS) is 19.9. The third-order valence-corrected chi connectivity index (χ3v) is 4.28. The minimum Gasteiger partial charge on any atom is -0.445 e. The van der Waals surface area contributed by atoms with E-state index in [-0.39, 0.29) is 6.09 Å². The lowest BCUT2D eigenvalue weighted by Gasteiger charge is -2.30. The van der Waals surface area contributed by atoms with Crippen molar-refractivity contribution in [2.24, 2.45) is 11.8 Å². The molecule has 1 saturated heterocycles. The third kappa shape index (κ3) is 4.35. The van der Waals surface area contributed by atoms with Crippen molar-refractivity contribution in [3.63, 3.8) is 0 Å². The summed E-state index contributed by atoms with van der Waals surface area (Å²) in [4.78, 5) is 13.9. The average Bonchev–Trinajstić information content (AvgIpc) is 3.36. The zero-order valence-corrected chi connectivity index (χ0v) is 12.4. The zero-order chi connectivity index (χ0) is 14.5. The fourth-order valence-corrected chi connectivity index (χ4v) is 2.69. The van der Waals surface area contributed by atoms with Crippen LogP contribution in [0.1, 0.15) is 31.2 Å². The van der Waals surface area contributed by atoms with Crippen molar-refractivity contribution >= 4 is 6.09 Å². The van der Waals surface area contributed by atoms with E-state index < -0.39 is 0 Å². The van der Waals surface area contributed by atoms with Gasteiger partial charge in [-0.25, -0.2) is 4.79 Å². The first-order valence-electron chi connectivity index (χ1n) is 7.95. The van der Waals surface area contributed by atoms with Gasteiger partial charge in [-0.3, -0.25) is 0 Å². The van der Waals surface area contributed by atoms with E-state index in [0.717, 1.165) is 37.4 Å². The molecule has 0 aromatic heterocycles. The number of amides is 1. The minimum absolute atomic E-state index is 0.177. The molecule has 0 spiro atoms. The molecule has 0 bridgehead atoms. The summed E-state index contributed by atoms with van der Waals surface area (Å²) >= 11 is 0. The monoisotopic (exact) mass is 285 g/mol. The van der Waals surface area contributed by atoms with Crippen LogP contribution in [-0.2, 0) is 11.3 Å². The third-order valence-electron chi connectivity index (χ3n) is 4.28. The molecule has 1 aromatic rings. The number of carbonyl (C=O) groups excluding carboxylic acids is 1. The first-order chi connectivity index (χ1) is 10.3. The van der Waals surface area contributed by atoms with Gasteiger partial charge in [0, 0.05) is 13.1 Å². The van der Waals surface area contributed by atoms with Gasteiger partial charge >= 0.3 is 6.09 Å². The van der Waals surface area contributed by atoms with E-state index in [2.05, 4.69) is 12.2 Å². The van der Waals surface area contributed by atoms with E-state index in [4.69, 9.17) is 4.74 Å². The molecule has 1 aliphatic carbocycles. The quantitative estimate of drug-likeness (QED) is 0.782. The molecule has 3 heteroatoms. The summed E-state index contributed by atoms with van der Waals surface area (Å²) in [5.74, 6) is 1.49. The van der Waals surface area contributed by atoms with E-state index in [9.17, 15) is 4.79 Å². The molecule has 0 radical (unpaired) electrons. The predicted molar refractivity (Wildman–Crippen MR) is 82.8 cm³/mol. The summed E-state index contributed by atoms with van der Waals surface area (Å²) in [5.41, 5.74) is 1.04. The Morgan fingerprint density at radius 2 is 1.67 bits per heavy atom. The molecular formula is C18H23NO2. The predicted octanol–water partition coefficient (Wildman–Crippen LogP) is 4.00. The molecule has 1 aromatic carbocycles. The lowest BCUT2D eigenvalue weighted by atomic mass is 9.96. The maximum atomic E-state index is 12.0. The summed E-state index contributed by atoms with van der Waals surface area (Å²) in [7, 11) is 0. The highest BCUT2D eigenvalue weighted by Crippen LogP contribution is 2.31. The highest BCUT2D eigenvalue weighted by molar-refractivity contribution is 5.67. The van der Waals surface area contributed by atoms with Gasteiger partial charge in [-0.1, -0.05) is 42.5 Å². The molecule has 0 atom stereocenters. The number of rotatable bonds is 4. The van der Waals surface area contributed by atoms with Gasteiger partial charge < -0.3 is 9.64 Å². The molecule has 0 unspecified atom stereocenters. The Kier molecular flexibility index (Phi) is 4.59. The molecule has 2 aliphatic rings. The molecule has 1 aliphatic heterocycles. The van der Waals surface area contributed by atoms with Crippen LogP contribution in [0.3, 0.4) is 0 Å². The lowest BCUT2D eigenvalue weighted by molar-refractivity contribution is 0.0854. The van der Waals surface area contributed by atoms with E-state index in [1.807, 2.05) is 35.2 Å². The van der Waals surface area contributed by atoms with Crippen LogP contribution in [0.25, 0.3) is 0 Å². The Hall–Kier alpha value is -1.77. The zero-order valence-electron chi connectivity index (χ0n) is 12.4. The van der Waals surface area contributed by atoms with E-state index >= 15 is 0 Å². The Morgan fingerprint density at radius 1 is 1.05 bits per heavy atom. The SMILES string of the molecule is O=C(OCc1ccccc1)N1CCC(/C=C/C2CC2)CC1. The van der Waals surface area contributed by atoms with Crippen molar-refractivity contribution in [3.8, 4) is 0 Å². The van der Waals surface area contributed by atoms with Gasteiger partial charge in [-0.05, 0) is 43.1 Å². The van der Waals surface area contributed by atoms with Crippen molar-refractivity contribution in [2.45, 2.75) is 32.3 Å². The molecule has 3 nitrogen and oxygen atoms in total.